The lowest BCUT2D eigenvalue weighted by Gasteiger charge is -2.20. The molecule has 2 N–H and O–H groups in total. The van der Waals surface area contributed by atoms with Gasteiger partial charge < -0.3 is 0 Å². The van der Waals surface area contributed by atoms with E-state index >= 15 is 0 Å². The van der Waals surface area contributed by atoms with Gasteiger partial charge in [0.15, 0.2) is 5.13 Å². The van der Waals surface area contributed by atoms with Gasteiger partial charge in [0, 0.05) is 11.1 Å². The minimum Gasteiger partial charge on any atom is -0.298 e. The molecule has 0 aliphatic rings. The number of fused-ring (bicyclic) bond motifs is 1. The number of nitrogens with zero attached hydrogens (tertiary/aromatic N) is 1. The molecule has 1 amide bonds. The molecule has 3 rings (SSSR count). The van der Waals surface area contributed by atoms with Crippen molar-refractivity contribution in [2.24, 2.45) is 0 Å². The Kier molecular flexibility index (Phi) is 5.56. The Morgan fingerprint density at radius 3 is 2.39 bits per heavy atom. The monoisotopic (exact) mass is 417 g/mol. The SMILES string of the molecule is CCc1ccc2nc(NC(=O)c3ccc(S(=O)(=O)NC(C)(C)C)cc3)sc2c1. The van der Waals surface area contributed by atoms with E-state index in [4.69, 9.17) is 0 Å². The van der Waals surface area contributed by atoms with E-state index in [9.17, 15) is 13.2 Å². The summed E-state index contributed by atoms with van der Waals surface area (Å²) in [5.74, 6) is -0.331. The normalized spacial score (nSPS) is 12.3. The number of hydrogen-bond acceptors (Lipinski definition) is 5. The summed E-state index contributed by atoms with van der Waals surface area (Å²) in [5, 5.41) is 3.30. The molecular weight excluding hydrogens is 394 g/mol. The number of benzene rings is 2. The largest absolute Gasteiger partial charge is 0.298 e. The zero-order chi connectivity index (χ0) is 20.5. The van der Waals surface area contributed by atoms with E-state index in [0.29, 0.717) is 10.7 Å². The van der Waals surface area contributed by atoms with Crippen molar-refractivity contribution in [2.75, 3.05) is 5.32 Å². The van der Waals surface area contributed by atoms with Gasteiger partial charge in [-0.2, -0.15) is 0 Å². The molecule has 0 bridgehead atoms. The van der Waals surface area contributed by atoms with Gasteiger partial charge >= 0.3 is 0 Å². The average Bonchev–Trinajstić information content (AvgIpc) is 3.01. The summed E-state index contributed by atoms with van der Waals surface area (Å²) in [5.41, 5.74) is 1.84. The van der Waals surface area contributed by atoms with Crippen molar-refractivity contribution >= 4 is 42.6 Å². The molecule has 8 heteroatoms. The molecular formula is C20H23N3O3S2. The Labute approximate surface area is 169 Å². The summed E-state index contributed by atoms with van der Waals surface area (Å²) in [6.07, 6.45) is 0.939. The molecule has 1 aromatic heterocycles. The fourth-order valence-electron chi connectivity index (χ4n) is 2.66. The van der Waals surface area contributed by atoms with Gasteiger partial charge in [-0.25, -0.2) is 18.1 Å². The molecule has 0 atom stereocenters. The first-order valence-corrected chi connectivity index (χ1v) is 11.2. The van der Waals surface area contributed by atoms with Gasteiger partial charge in [-0.15, -0.1) is 0 Å². The third-order valence-electron chi connectivity index (χ3n) is 3.95. The number of carbonyl (C=O) groups is 1. The van der Waals surface area contributed by atoms with Crippen LogP contribution in [0.5, 0.6) is 0 Å². The number of thiazole rings is 1. The second kappa shape index (κ2) is 7.62. The highest BCUT2D eigenvalue weighted by atomic mass is 32.2. The molecule has 148 valence electrons. The first-order valence-electron chi connectivity index (χ1n) is 8.92. The van der Waals surface area contributed by atoms with Crippen LogP contribution in [0, 0.1) is 0 Å². The number of aryl methyl sites for hydroxylation is 1. The van der Waals surface area contributed by atoms with Crippen LogP contribution in [0.3, 0.4) is 0 Å². The quantitative estimate of drug-likeness (QED) is 0.652. The van der Waals surface area contributed by atoms with Crippen LogP contribution in [0.4, 0.5) is 5.13 Å². The fraction of sp³-hybridized carbons (Fsp3) is 0.300. The van der Waals surface area contributed by atoms with E-state index in [1.807, 2.05) is 12.1 Å². The Morgan fingerprint density at radius 1 is 1.11 bits per heavy atom. The molecule has 0 unspecified atom stereocenters. The molecule has 3 aromatic rings. The smallest absolute Gasteiger partial charge is 0.257 e. The summed E-state index contributed by atoms with van der Waals surface area (Å²) in [7, 11) is -3.64. The number of amides is 1. The Morgan fingerprint density at radius 2 is 1.79 bits per heavy atom. The minimum atomic E-state index is -3.64. The van der Waals surface area contributed by atoms with Crippen LogP contribution in [-0.2, 0) is 16.4 Å². The van der Waals surface area contributed by atoms with Gasteiger partial charge in [0.2, 0.25) is 10.0 Å². The van der Waals surface area contributed by atoms with Crippen molar-refractivity contribution in [3.63, 3.8) is 0 Å². The fourth-order valence-corrected chi connectivity index (χ4v) is 5.00. The predicted molar refractivity (Wildman–Crippen MR) is 113 cm³/mol. The summed E-state index contributed by atoms with van der Waals surface area (Å²) in [6, 6.07) is 11.9. The number of rotatable bonds is 5. The van der Waals surface area contributed by atoms with Crippen LogP contribution in [-0.4, -0.2) is 24.8 Å². The van der Waals surface area contributed by atoms with Gasteiger partial charge in [-0.1, -0.05) is 24.3 Å². The number of hydrogen-bond donors (Lipinski definition) is 2. The van der Waals surface area contributed by atoms with Crippen molar-refractivity contribution in [2.45, 2.75) is 44.6 Å². The maximum atomic E-state index is 12.5. The van der Waals surface area contributed by atoms with E-state index in [2.05, 4.69) is 28.0 Å². The number of anilines is 1. The molecule has 0 saturated heterocycles. The van der Waals surface area contributed by atoms with Crippen LogP contribution in [0.1, 0.15) is 43.6 Å². The van der Waals surface area contributed by atoms with Gasteiger partial charge in [0.05, 0.1) is 15.1 Å². The number of nitrogens with one attached hydrogen (secondary N) is 2. The van der Waals surface area contributed by atoms with Crippen LogP contribution in [0.15, 0.2) is 47.4 Å². The molecule has 28 heavy (non-hydrogen) atoms. The van der Waals surface area contributed by atoms with E-state index in [1.165, 1.54) is 41.2 Å². The standard InChI is InChI=1S/C20H23N3O3S2/c1-5-13-6-11-16-17(12-13)27-19(21-16)22-18(24)14-7-9-15(10-8-14)28(25,26)23-20(2,3)4/h6-12,23H,5H2,1-4H3,(H,21,22,24). The third-order valence-corrected chi connectivity index (χ3v) is 6.66. The molecule has 0 radical (unpaired) electrons. The number of sulfonamides is 1. The minimum absolute atomic E-state index is 0.117. The van der Waals surface area contributed by atoms with Crippen molar-refractivity contribution in [1.29, 1.82) is 0 Å². The lowest BCUT2D eigenvalue weighted by molar-refractivity contribution is 0.102. The molecule has 0 aliphatic carbocycles. The Hall–Kier alpha value is -2.29. The zero-order valence-electron chi connectivity index (χ0n) is 16.2. The topological polar surface area (TPSA) is 88.2 Å². The van der Waals surface area contributed by atoms with Crippen LogP contribution >= 0.6 is 11.3 Å². The highest BCUT2D eigenvalue weighted by Crippen LogP contribution is 2.27. The third kappa shape index (κ3) is 4.76. The molecule has 0 aliphatic heterocycles. The van der Waals surface area contributed by atoms with Crippen LogP contribution < -0.4 is 10.0 Å². The lowest BCUT2D eigenvalue weighted by atomic mass is 10.1. The van der Waals surface area contributed by atoms with E-state index in [1.54, 1.807) is 20.8 Å². The lowest BCUT2D eigenvalue weighted by Crippen LogP contribution is -2.40. The van der Waals surface area contributed by atoms with Crippen molar-refractivity contribution < 1.29 is 13.2 Å². The molecule has 6 nitrogen and oxygen atoms in total. The van der Waals surface area contributed by atoms with E-state index < -0.39 is 15.6 Å². The summed E-state index contributed by atoms with van der Waals surface area (Å²) >= 11 is 1.41. The molecule has 0 fully saturated rings. The second-order valence-corrected chi connectivity index (χ2v) is 10.2. The second-order valence-electron chi connectivity index (χ2n) is 7.51. The van der Waals surface area contributed by atoms with Gasteiger partial charge in [-0.3, -0.25) is 10.1 Å². The first kappa shape index (κ1) is 20.4. The predicted octanol–water partition coefficient (Wildman–Crippen LogP) is 4.19. The number of aromatic nitrogens is 1. The molecule has 1 heterocycles. The van der Waals surface area contributed by atoms with Crippen molar-refractivity contribution in [1.82, 2.24) is 9.71 Å². The molecule has 0 spiro atoms. The van der Waals surface area contributed by atoms with Gasteiger partial charge in [0.1, 0.15) is 0 Å². The average molecular weight is 418 g/mol. The van der Waals surface area contributed by atoms with Gasteiger partial charge in [-0.05, 0) is 69.2 Å². The van der Waals surface area contributed by atoms with E-state index in [0.717, 1.165) is 16.6 Å². The van der Waals surface area contributed by atoms with Gasteiger partial charge in [0.25, 0.3) is 5.91 Å². The molecule has 2 aromatic carbocycles. The maximum Gasteiger partial charge on any atom is 0.257 e. The summed E-state index contributed by atoms with van der Waals surface area (Å²) in [4.78, 5) is 17.0. The van der Waals surface area contributed by atoms with Crippen molar-refractivity contribution in [3.8, 4) is 0 Å². The zero-order valence-corrected chi connectivity index (χ0v) is 17.9. The molecule has 0 saturated carbocycles. The number of carbonyl (C=O) groups excluding carboxylic acids is 1. The maximum absolute atomic E-state index is 12.5. The highest BCUT2D eigenvalue weighted by Gasteiger charge is 2.22. The first-order chi connectivity index (χ1) is 13.1. The Balaban J connectivity index is 1.76. The highest BCUT2D eigenvalue weighted by molar-refractivity contribution is 7.89. The summed E-state index contributed by atoms with van der Waals surface area (Å²) < 4.78 is 28.3. The van der Waals surface area contributed by atoms with E-state index in [-0.39, 0.29) is 10.8 Å². The Bertz CT molecular complexity index is 1110. The van der Waals surface area contributed by atoms with Crippen LogP contribution in [0.2, 0.25) is 0 Å². The summed E-state index contributed by atoms with van der Waals surface area (Å²) in [6.45, 7) is 7.40. The van der Waals surface area contributed by atoms with Crippen LogP contribution in [0.25, 0.3) is 10.2 Å². The van der Waals surface area contributed by atoms with Crippen molar-refractivity contribution in [3.05, 3.63) is 53.6 Å².